The van der Waals surface area contributed by atoms with Crippen LogP contribution in [0.5, 0.6) is 0 Å². The summed E-state index contributed by atoms with van der Waals surface area (Å²) in [5.74, 6) is 5.48. The van der Waals surface area contributed by atoms with Crippen LogP contribution in [0.2, 0.25) is 5.02 Å². The van der Waals surface area contributed by atoms with Crippen LogP contribution in [0.4, 0.5) is 0 Å². The van der Waals surface area contributed by atoms with Crippen LogP contribution in [0.25, 0.3) is 0 Å². The zero-order chi connectivity index (χ0) is 12.0. The third kappa shape index (κ3) is 3.86. The second-order valence-electron chi connectivity index (χ2n) is 3.03. The molecule has 0 fully saturated rings. The molecule has 3 nitrogen and oxygen atoms in total. The van der Waals surface area contributed by atoms with Crippen LogP contribution in [-0.4, -0.2) is 15.0 Å². The van der Waals surface area contributed by atoms with E-state index in [-0.39, 0.29) is 4.90 Å². The Bertz CT molecular complexity index is 514. The van der Waals surface area contributed by atoms with E-state index in [4.69, 9.17) is 11.6 Å². The third-order valence-electron chi connectivity index (χ3n) is 1.83. The first-order chi connectivity index (χ1) is 7.56. The van der Waals surface area contributed by atoms with Gasteiger partial charge in [-0.25, -0.2) is 13.1 Å². The average Bonchev–Trinajstić information content (AvgIpc) is 2.24. The molecule has 1 rings (SSSR count). The predicted octanol–water partition coefficient (Wildman–Crippen LogP) is 2.03. The van der Waals surface area contributed by atoms with Crippen molar-refractivity contribution in [2.24, 2.45) is 0 Å². The summed E-state index contributed by atoms with van der Waals surface area (Å²) in [4.78, 5) is 0.171. The second kappa shape index (κ2) is 5.90. The number of hydrogen-bond donors (Lipinski definition) is 1. The molecule has 1 N–H and O–H groups in total. The average molecular weight is 258 g/mol. The Morgan fingerprint density at radius 1 is 1.44 bits per heavy atom. The fourth-order valence-electron chi connectivity index (χ4n) is 1.09. The van der Waals surface area contributed by atoms with Crippen molar-refractivity contribution >= 4 is 21.6 Å². The van der Waals surface area contributed by atoms with Gasteiger partial charge in [0.15, 0.2) is 0 Å². The fourth-order valence-corrected chi connectivity index (χ4v) is 2.42. The van der Waals surface area contributed by atoms with Crippen molar-refractivity contribution in [2.45, 2.75) is 18.2 Å². The molecule has 0 radical (unpaired) electrons. The van der Waals surface area contributed by atoms with Gasteiger partial charge in [0.2, 0.25) is 10.0 Å². The van der Waals surface area contributed by atoms with Gasteiger partial charge in [0.05, 0.1) is 4.90 Å². The van der Waals surface area contributed by atoms with Crippen molar-refractivity contribution in [1.82, 2.24) is 4.72 Å². The maximum atomic E-state index is 11.7. The molecule has 0 aromatic heterocycles. The van der Waals surface area contributed by atoms with Crippen LogP contribution in [0.15, 0.2) is 29.2 Å². The molecule has 0 unspecified atom stereocenters. The van der Waals surface area contributed by atoms with Gasteiger partial charge >= 0.3 is 0 Å². The molecule has 86 valence electrons. The molecule has 0 saturated heterocycles. The van der Waals surface area contributed by atoms with E-state index in [0.717, 1.165) is 0 Å². The van der Waals surface area contributed by atoms with Gasteiger partial charge in [-0.3, -0.25) is 0 Å². The van der Waals surface area contributed by atoms with Crippen LogP contribution in [0.1, 0.15) is 13.3 Å². The van der Waals surface area contributed by atoms with E-state index in [1.807, 2.05) is 0 Å². The lowest BCUT2D eigenvalue weighted by atomic mass is 10.4. The lowest BCUT2D eigenvalue weighted by molar-refractivity contribution is 0.582. The highest BCUT2D eigenvalue weighted by Gasteiger charge is 2.12. The van der Waals surface area contributed by atoms with Gasteiger partial charge in [-0.2, -0.15) is 0 Å². The number of benzene rings is 1. The van der Waals surface area contributed by atoms with Crippen molar-refractivity contribution in [3.05, 3.63) is 29.3 Å². The van der Waals surface area contributed by atoms with Crippen molar-refractivity contribution < 1.29 is 8.42 Å². The first kappa shape index (κ1) is 13.0. The van der Waals surface area contributed by atoms with Crippen molar-refractivity contribution in [2.75, 3.05) is 6.54 Å². The quantitative estimate of drug-likeness (QED) is 0.663. The van der Waals surface area contributed by atoms with E-state index < -0.39 is 10.0 Å². The van der Waals surface area contributed by atoms with Crippen molar-refractivity contribution in [3.63, 3.8) is 0 Å². The van der Waals surface area contributed by atoms with E-state index in [1.54, 1.807) is 19.1 Å². The standard InChI is InChI=1S/C11H12ClNO2S/c1-2-3-4-8-13-16(14,15)11-7-5-6-10(12)9-11/h5-7,9,13H,4,8H2,1H3. The smallest absolute Gasteiger partial charge is 0.210 e. The van der Waals surface area contributed by atoms with E-state index in [9.17, 15) is 8.42 Å². The number of nitrogens with one attached hydrogen (secondary N) is 1. The van der Waals surface area contributed by atoms with Crippen LogP contribution in [-0.2, 0) is 10.0 Å². The molecule has 16 heavy (non-hydrogen) atoms. The number of halogens is 1. The molecule has 0 saturated carbocycles. The molecule has 1 aromatic carbocycles. The Kier molecular flexibility index (Phi) is 4.81. The number of hydrogen-bond acceptors (Lipinski definition) is 2. The maximum Gasteiger partial charge on any atom is 0.240 e. The minimum atomic E-state index is -3.47. The summed E-state index contributed by atoms with van der Waals surface area (Å²) in [6, 6.07) is 6.14. The van der Waals surface area contributed by atoms with Crippen molar-refractivity contribution in [3.8, 4) is 11.8 Å². The summed E-state index contributed by atoms with van der Waals surface area (Å²) in [5.41, 5.74) is 0. The zero-order valence-electron chi connectivity index (χ0n) is 8.83. The molecule has 0 atom stereocenters. The van der Waals surface area contributed by atoms with Gasteiger partial charge in [0.1, 0.15) is 0 Å². The minimum Gasteiger partial charge on any atom is -0.210 e. The number of rotatable bonds is 4. The fraction of sp³-hybridized carbons (Fsp3) is 0.273. The molecular weight excluding hydrogens is 246 g/mol. The van der Waals surface area contributed by atoms with E-state index >= 15 is 0 Å². The Labute approximate surface area is 101 Å². The highest BCUT2D eigenvalue weighted by molar-refractivity contribution is 7.89. The Morgan fingerprint density at radius 2 is 2.19 bits per heavy atom. The van der Waals surface area contributed by atoms with E-state index in [0.29, 0.717) is 18.0 Å². The first-order valence-corrected chi connectivity index (χ1v) is 6.57. The first-order valence-electron chi connectivity index (χ1n) is 4.71. The predicted molar refractivity (Wildman–Crippen MR) is 64.7 cm³/mol. The number of sulfonamides is 1. The summed E-state index contributed by atoms with van der Waals surface area (Å²) in [6.07, 6.45) is 0.496. The van der Waals surface area contributed by atoms with Gasteiger partial charge in [-0.15, -0.1) is 11.8 Å². The minimum absolute atomic E-state index is 0.171. The third-order valence-corrected chi connectivity index (χ3v) is 3.52. The summed E-state index contributed by atoms with van der Waals surface area (Å²) < 4.78 is 25.9. The van der Waals surface area contributed by atoms with Gasteiger partial charge in [-0.05, 0) is 25.1 Å². The Morgan fingerprint density at radius 3 is 2.81 bits per heavy atom. The second-order valence-corrected chi connectivity index (χ2v) is 5.24. The molecule has 0 aliphatic rings. The SMILES string of the molecule is CC#CCCNS(=O)(=O)c1cccc(Cl)c1. The molecule has 0 aliphatic heterocycles. The molecular formula is C11H12ClNO2S. The highest BCUT2D eigenvalue weighted by atomic mass is 35.5. The lowest BCUT2D eigenvalue weighted by Crippen LogP contribution is -2.24. The molecule has 0 heterocycles. The zero-order valence-corrected chi connectivity index (χ0v) is 10.4. The van der Waals surface area contributed by atoms with Crippen LogP contribution in [0.3, 0.4) is 0 Å². The van der Waals surface area contributed by atoms with Gasteiger partial charge < -0.3 is 0 Å². The van der Waals surface area contributed by atoms with Crippen LogP contribution < -0.4 is 4.72 Å². The highest BCUT2D eigenvalue weighted by Crippen LogP contribution is 2.14. The topological polar surface area (TPSA) is 46.2 Å². The molecule has 1 aromatic rings. The van der Waals surface area contributed by atoms with E-state index in [2.05, 4.69) is 16.6 Å². The molecule has 0 aliphatic carbocycles. The van der Waals surface area contributed by atoms with Crippen LogP contribution in [0, 0.1) is 11.8 Å². The summed E-state index contributed by atoms with van der Waals surface area (Å²) in [6.45, 7) is 2.02. The molecule has 5 heteroatoms. The normalized spacial score (nSPS) is 10.6. The van der Waals surface area contributed by atoms with E-state index in [1.165, 1.54) is 12.1 Å². The molecule has 0 amide bonds. The molecule has 0 bridgehead atoms. The molecule has 0 spiro atoms. The summed E-state index contributed by atoms with van der Waals surface area (Å²) in [5, 5.41) is 0.399. The van der Waals surface area contributed by atoms with Gasteiger partial charge in [0.25, 0.3) is 0 Å². The summed E-state index contributed by atoms with van der Waals surface area (Å²) >= 11 is 5.72. The summed E-state index contributed by atoms with van der Waals surface area (Å²) in [7, 11) is -3.47. The Balaban J connectivity index is 2.73. The van der Waals surface area contributed by atoms with Crippen LogP contribution >= 0.6 is 11.6 Å². The lowest BCUT2D eigenvalue weighted by Gasteiger charge is -2.04. The Hall–Kier alpha value is -1.02. The monoisotopic (exact) mass is 257 g/mol. The van der Waals surface area contributed by atoms with Crippen molar-refractivity contribution in [1.29, 1.82) is 0 Å². The largest absolute Gasteiger partial charge is 0.240 e. The van der Waals surface area contributed by atoms with Gasteiger partial charge in [-0.1, -0.05) is 17.7 Å². The maximum absolute atomic E-state index is 11.7. The van der Waals surface area contributed by atoms with Gasteiger partial charge in [0, 0.05) is 18.0 Å².